The number of aromatic nitrogens is 2. The average Bonchev–Trinajstić information content (AvgIpc) is 2.28. The second-order valence-corrected chi connectivity index (χ2v) is 3.88. The number of hydrogen-bond acceptors (Lipinski definition) is 3. The van der Waals surface area contributed by atoms with Gasteiger partial charge in [0.05, 0.1) is 11.0 Å². The topological polar surface area (TPSA) is 72.2 Å². The molecule has 1 aromatic carbocycles. The fraction of sp³-hybridized carbons (Fsp3) is 0.182. The lowest BCUT2D eigenvalue weighted by Gasteiger charge is -2.08. The van der Waals surface area contributed by atoms with Crippen LogP contribution in [0.4, 0.5) is 0 Å². The molecule has 0 fully saturated rings. The SMILES string of the molecule is CCn1c(=O)c(C(=O)O)nc2ccc(Cl)cc21. The normalized spacial score (nSPS) is 10.7. The van der Waals surface area contributed by atoms with Crippen LogP contribution in [0.1, 0.15) is 17.4 Å². The van der Waals surface area contributed by atoms with Crippen molar-refractivity contribution in [3.05, 3.63) is 39.3 Å². The second-order valence-electron chi connectivity index (χ2n) is 3.45. The highest BCUT2D eigenvalue weighted by atomic mass is 35.5. The van der Waals surface area contributed by atoms with Gasteiger partial charge in [-0.2, -0.15) is 0 Å². The molecule has 2 aromatic rings. The minimum absolute atomic E-state index is 0.360. The Morgan fingerprint density at radius 3 is 2.82 bits per heavy atom. The number of aryl methyl sites for hydroxylation is 1. The van der Waals surface area contributed by atoms with Gasteiger partial charge in [0.15, 0.2) is 0 Å². The number of aromatic carboxylic acids is 1. The molecule has 0 aliphatic heterocycles. The number of rotatable bonds is 2. The van der Waals surface area contributed by atoms with E-state index in [-0.39, 0.29) is 0 Å². The third-order valence-corrected chi connectivity index (χ3v) is 2.66. The highest BCUT2D eigenvalue weighted by molar-refractivity contribution is 6.31. The number of benzene rings is 1. The minimum Gasteiger partial charge on any atom is -0.476 e. The molecule has 0 atom stereocenters. The average molecular weight is 253 g/mol. The van der Waals surface area contributed by atoms with Gasteiger partial charge < -0.3 is 9.67 Å². The molecular formula is C11H9ClN2O3. The van der Waals surface area contributed by atoms with Crippen LogP contribution < -0.4 is 5.56 Å². The van der Waals surface area contributed by atoms with E-state index in [0.717, 1.165) is 0 Å². The van der Waals surface area contributed by atoms with E-state index in [4.69, 9.17) is 16.7 Å². The summed E-state index contributed by atoms with van der Waals surface area (Å²) in [5.41, 5.74) is -0.111. The first kappa shape index (κ1) is 11.6. The highest BCUT2D eigenvalue weighted by Crippen LogP contribution is 2.16. The fourth-order valence-electron chi connectivity index (χ4n) is 1.67. The van der Waals surface area contributed by atoms with E-state index in [1.54, 1.807) is 25.1 Å². The summed E-state index contributed by atoms with van der Waals surface area (Å²) >= 11 is 5.84. The lowest BCUT2D eigenvalue weighted by atomic mass is 10.2. The van der Waals surface area contributed by atoms with Crippen molar-refractivity contribution in [2.45, 2.75) is 13.5 Å². The Morgan fingerprint density at radius 1 is 1.53 bits per heavy atom. The van der Waals surface area contributed by atoms with Gasteiger partial charge in [-0.1, -0.05) is 11.6 Å². The van der Waals surface area contributed by atoms with Gasteiger partial charge in [0.25, 0.3) is 5.56 Å². The number of nitrogens with zero attached hydrogens (tertiary/aromatic N) is 2. The number of carboxylic acid groups (broad SMARTS) is 1. The summed E-state index contributed by atoms with van der Waals surface area (Å²) in [6, 6.07) is 4.79. The van der Waals surface area contributed by atoms with Gasteiger partial charge >= 0.3 is 5.97 Å². The molecule has 5 nitrogen and oxygen atoms in total. The molecule has 1 heterocycles. The molecule has 17 heavy (non-hydrogen) atoms. The largest absolute Gasteiger partial charge is 0.476 e. The van der Waals surface area contributed by atoms with E-state index in [1.165, 1.54) is 4.57 Å². The van der Waals surface area contributed by atoms with Crippen LogP contribution in [0.25, 0.3) is 11.0 Å². The Bertz CT molecular complexity index is 664. The number of halogens is 1. The Labute approximate surface area is 101 Å². The van der Waals surface area contributed by atoms with Crippen molar-refractivity contribution < 1.29 is 9.90 Å². The smallest absolute Gasteiger partial charge is 0.360 e. The van der Waals surface area contributed by atoms with Gasteiger partial charge in [0.2, 0.25) is 5.69 Å². The zero-order chi connectivity index (χ0) is 12.6. The van der Waals surface area contributed by atoms with Crippen LogP contribution in [0, 0.1) is 0 Å². The zero-order valence-electron chi connectivity index (χ0n) is 8.98. The summed E-state index contributed by atoms with van der Waals surface area (Å²) in [4.78, 5) is 26.6. The van der Waals surface area contributed by atoms with Crippen molar-refractivity contribution >= 4 is 28.6 Å². The molecule has 88 valence electrons. The molecule has 1 aromatic heterocycles. The number of carboxylic acids is 1. The molecule has 2 rings (SSSR count). The van der Waals surface area contributed by atoms with E-state index >= 15 is 0 Å². The van der Waals surface area contributed by atoms with Crippen molar-refractivity contribution in [1.82, 2.24) is 9.55 Å². The molecule has 1 N–H and O–H groups in total. The van der Waals surface area contributed by atoms with Crippen molar-refractivity contribution in [2.75, 3.05) is 0 Å². The molecule has 0 aliphatic carbocycles. The third-order valence-electron chi connectivity index (χ3n) is 2.43. The minimum atomic E-state index is -1.32. The summed E-state index contributed by atoms with van der Waals surface area (Å²) in [6.07, 6.45) is 0. The van der Waals surface area contributed by atoms with Crippen LogP contribution in [-0.2, 0) is 6.54 Å². The third kappa shape index (κ3) is 1.89. The summed E-state index contributed by atoms with van der Waals surface area (Å²) in [7, 11) is 0. The van der Waals surface area contributed by atoms with Crippen molar-refractivity contribution in [3.63, 3.8) is 0 Å². The number of fused-ring (bicyclic) bond motifs is 1. The number of carbonyl (C=O) groups is 1. The maximum atomic E-state index is 11.8. The molecule has 0 saturated carbocycles. The first-order valence-electron chi connectivity index (χ1n) is 4.98. The van der Waals surface area contributed by atoms with Crippen molar-refractivity contribution in [1.29, 1.82) is 0 Å². The first-order valence-corrected chi connectivity index (χ1v) is 5.35. The Balaban J connectivity index is 2.94. The molecule has 0 saturated heterocycles. The predicted octanol–water partition coefficient (Wildman–Crippen LogP) is 1.77. The van der Waals surface area contributed by atoms with Crippen LogP contribution in [0.15, 0.2) is 23.0 Å². The molecule has 0 bridgehead atoms. The lowest BCUT2D eigenvalue weighted by molar-refractivity contribution is 0.0688. The molecule has 0 amide bonds. The molecule has 0 aliphatic rings. The van der Waals surface area contributed by atoms with Gasteiger partial charge in [-0.15, -0.1) is 0 Å². The lowest BCUT2D eigenvalue weighted by Crippen LogP contribution is -2.27. The summed E-state index contributed by atoms with van der Waals surface area (Å²) in [5, 5.41) is 9.37. The van der Waals surface area contributed by atoms with E-state index in [0.29, 0.717) is 22.6 Å². The quantitative estimate of drug-likeness (QED) is 0.884. The Morgan fingerprint density at radius 2 is 2.24 bits per heavy atom. The standard InChI is InChI=1S/C11H9ClN2O3/c1-2-14-8-5-6(12)3-4-7(8)13-9(10(14)15)11(16)17/h3-5H,2H2,1H3,(H,16,17). The van der Waals surface area contributed by atoms with Crippen LogP contribution >= 0.6 is 11.6 Å². The molecular weight excluding hydrogens is 244 g/mol. The van der Waals surface area contributed by atoms with E-state index in [9.17, 15) is 9.59 Å². The summed E-state index contributed by atoms with van der Waals surface area (Å²) < 4.78 is 1.34. The summed E-state index contributed by atoms with van der Waals surface area (Å²) in [6.45, 7) is 2.12. The molecule has 0 unspecified atom stereocenters. The van der Waals surface area contributed by atoms with Gasteiger partial charge in [0.1, 0.15) is 0 Å². The van der Waals surface area contributed by atoms with E-state index in [2.05, 4.69) is 4.98 Å². The molecule has 0 spiro atoms. The second kappa shape index (κ2) is 4.18. The fourth-order valence-corrected chi connectivity index (χ4v) is 1.83. The van der Waals surface area contributed by atoms with Gasteiger partial charge in [-0.25, -0.2) is 9.78 Å². The maximum Gasteiger partial charge on any atom is 0.360 e. The van der Waals surface area contributed by atoms with Crippen LogP contribution in [0.2, 0.25) is 5.02 Å². The molecule has 0 radical (unpaired) electrons. The number of hydrogen-bond donors (Lipinski definition) is 1. The van der Waals surface area contributed by atoms with Crippen molar-refractivity contribution in [2.24, 2.45) is 0 Å². The maximum absolute atomic E-state index is 11.8. The highest BCUT2D eigenvalue weighted by Gasteiger charge is 2.15. The van der Waals surface area contributed by atoms with E-state index in [1.807, 2.05) is 0 Å². The zero-order valence-corrected chi connectivity index (χ0v) is 9.73. The van der Waals surface area contributed by atoms with Crippen LogP contribution in [0.5, 0.6) is 0 Å². The Hall–Kier alpha value is -1.88. The monoisotopic (exact) mass is 252 g/mol. The van der Waals surface area contributed by atoms with Gasteiger partial charge in [-0.05, 0) is 25.1 Å². The predicted molar refractivity (Wildman–Crippen MR) is 63.6 cm³/mol. The van der Waals surface area contributed by atoms with Gasteiger partial charge in [-0.3, -0.25) is 4.79 Å². The van der Waals surface area contributed by atoms with Crippen LogP contribution in [-0.4, -0.2) is 20.6 Å². The van der Waals surface area contributed by atoms with Crippen molar-refractivity contribution in [3.8, 4) is 0 Å². The van der Waals surface area contributed by atoms with Crippen LogP contribution in [0.3, 0.4) is 0 Å². The molecule has 6 heteroatoms. The first-order chi connectivity index (χ1) is 8.04. The Kier molecular flexibility index (Phi) is 2.85. The van der Waals surface area contributed by atoms with Gasteiger partial charge in [0, 0.05) is 11.6 Å². The van der Waals surface area contributed by atoms with E-state index < -0.39 is 17.2 Å². The summed E-state index contributed by atoms with van der Waals surface area (Å²) in [5.74, 6) is -1.32.